The molecule has 1 unspecified atom stereocenters. The standard InChI is InChI=1S/C20H17Cl2NO3/c1-26-19-15(21)8-12(9-16(19)22)10-2-4-17-13(6-10)14-7-11(20(24)25)3-5-18(14)23-17/h2,4,6,8-9,11,23H,3,5,7H2,1H3,(H,24,25). The van der Waals surface area contributed by atoms with Crippen molar-refractivity contribution >= 4 is 40.1 Å². The average Bonchev–Trinajstić information content (AvgIpc) is 2.98. The maximum Gasteiger partial charge on any atom is 0.306 e. The first kappa shape index (κ1) is 17.3. The molecule has 2 N–H and O–H groups in total. The van der Waals surface area contributed by atoms with Crippen LogP contribution in [0.5, 0.6) is 5.75 Å². The molecule has 0 saturated heterocycles. The number of ether oxygens (including phenoxy) is 1. The summed E-state index contributed by atoms with van der Waals surface area (Å²) in [5.74, 6) is -0.591. The number of aryl methyl sites for hydroxylation is 1. The van der Waals surface area contributed by atoms with E-state index in [1.807, 2.05) is 24.3 Å². The van der Waals surface area contributed by atoms with Crippen molar-refractivity contribution in [2.45, 2.75) is 19.3 Å². The highest BCUT2D eigenvalue weighted by Gasteiger charge is 2.27. The fourth-order valence-electron chi connectivity index (χ4n) is 3.73. The van der Waals surface area contributed by atoms with Gasteiger partial charge in [-0.25, -0.2) is 0 Å². The molecule has 4 nitrogen and oxygen atoms in total. The first-order valence-corrected chi connectivity index (χ1v) is 9.13. The Morgan fingerprint density at radius 3 is 2.58 bits per heavy atom. The lowest BCUT2D eigenvalue weighted by Crippen LogP contribution is -2.21. The average molecular weight is 390 g/mol. The Morgan fingerprint density at radius 2 is 1.92 bits per heavy atom. The molecule has 3 aromatic rings. The van der Waals surface area contributed by atoms with E-state index in [2.05, 4.69) is 11.1 Å². The number of aromatic amines is 1. The number of methoxy groups -OCH3 is 1. The lowest BCUT2D eigenvalue weighted by molar-refractivity contribution is -0.142. The fraction of sp³-hybridized carbons (Fsp3) is 0.250. The van der Waals surface area contributed by atoms with Crippen molar-refractivity contribution < 1.29 is 14.6 Å². The number of carboxylic acid groups (broad SMARTS) is 1. The Labute approximate surface area is 160 Å². The first-order valence-electron chi connectivity index (χ1n) is 8.37. The normalized spacial score (nSPS) is 16.5. The predicted molar refractivity (Wildman–Crippen MR) is 103 cm³/mol. The highest BCUT2D eigenvalue weighted by Crippen LogP contribution is 2.39. The largest absolute Gasteiger partial charge is 0.494 e. The van der Waals surface area contributed by atoms with Crippen LogP contribution in [0.2, 0.25) is 10.0 Å². The van der Waals surface area contributed by atoms with Crippen LogP contribution in [0.15, 0.2) is 30.3 Å². The summed E-state index contributed by atoms with van der Waals surface area (Å²) >= 11 is 12.5. The minimum absolute atomic E-state index is 0.324. The summed E-state index contributed by atoms with van der Waals surface area (Å²) < 4.78 is 5.21. The fourth-order valence-corrected chi connectivity index (χ4v) is 4.37. The summed E-state index contributed by atoms with van der Waals surface area (Å²) in [6.07, 6.45) is 1.99. The molecule has 0 saturated carbocycles. The number of carbonyl (C=O) groups is 1. The third kappa shape index (κ3) is 2.83. The predicted octanol–water partition coefficient (Wildman–Crippen LogP) is 5.34. The number of rotatable bonds is 3. The monoisotopic (exact) mass is 389 g/mol. The summed E-state index contributed by atoms with van der Waals surface area (Å²) in [5.41, 5.74) is 5.13. The maximum atomic E-state index is 11.4. The van der Waals surface area contributed by atoms with E-state index in [-0.39, 0.29) is 5.92 Å². The van der Waals surface area contributed by atoms with Crippen molar-refractivity contribution in [1.82, 2.24) is 4.98 Å². The molecule has 0 aliphatic heterocycles. The lowest BCUT2D eigenvalue weighted by Gasteiger charge is -2.18. The molecule has 26 heavy (non-hydrogen) atoms. The van der Waals surface area contributed by atoms with Crippen LogP contribution < -0.4 is 4.74 Å². The molecule has 134 valence electrons. The number of hydrogen-bond acceptors (Lipinski definition) is 2. The number of aromatic nitrogens is 1. The van der Waals surface area contributed by atoms with E-state index in [0.717, 1.165) is 39.7 Å². The molecule has 0 radical (unpaired) electrons. The summed E-state index contributed by atoms with van der Waals surface area (Å²) in [4.78, 5) is 14.8. The second-order valence-electron chi connectivity index (χ2n) is 6.59. The zero-order chi connectivity index (χ0) is 18.4. The SMILES string of the molecule is COc1c(Cl)cc(-c2ccc3[nH]c4c(c3c2)CC(C(=O)O)CC4)cc1Cl. The van der Waals surface area contributed by atoms with Crippen molar-refractivity contribution in [3.8, 4) is 16.9 Å². The minimum atomic E-state index is -0.727. The van der Waals surface area contributed by atoms with Crippen molar-refractivity contribution in [1.29, 1.82) is 0 Å². The number of hydrogen-bond donors (Lipinski definition) is 2. The van der Waals surface area contributed by atoms with Gasteiger partial charge in [0.1, 0.15) is 0 Å². The molecular formula is C20H17Cl2NO3. The van der Waals surface area contributed by atoms with E-state index in [4.69, 9.17) is 27.9 Å². The zero-order valence-electron chi connectivity index (χ0n) is 14.1. The van der Waals surface area contributed by atoms with Gasteiger partial charge in [-0.05, 0) is 60.2 Å². The van der Waals surface area contributed by atoms with E-state index >= 15 is 0 Å². The Bertz CT molecular complexity index is 1000. The highest BCUT2D eigenvalue weighted by molar-refractivity contribution is 6.37. The summed E-state index contributed by atoms with van der Waals surface area (Å²) in [6, 6.07) is 9.75. The third-order valence-electron chi connectivity index (χ3n) is 5.07. The zero-order valence-corrected chi connectivity index (χ0v) is 15.6. The Hall–Kier alpha value is -2.17. The van der Waals surface area contributed by atoms with Gasteiger partial charge < -0.3 is 14.8 Å². The molecule has 1 aliphatic carbocycles. The Morgan fingerprint density at radius 1 is 1.19 bits per heavy atom. The van der Waals surface area contributed by atoms with Gasteiger partial charge in [0.15, 0.2) is 5.75 Å². The van der Waals surface area contributed by atoms with Crippen LogP contribution in [0.25, 0.3) is 22.0 Å². The van der Waals surface area contributed by atoms with Crippen LogP contribution in [0, 0.1) is 5.92 Å². The van der Waals surface area contributed by atoms with Crippen LogP contribution in [0.4, 0.5) is 0 Å². The van der Waals surface area contributed by atoms with E-state index in [1.165, 1.54) is 7.11 Å². The second-order valence-corrected chi connectivity index (χ2v) is 7.41. The smallest absolute Gasteiger partial charge is 0.306 e. The molecule has 4 rings (SSSR count). The Kier molecular flexibility index (Phi) is 4.33. The summed E-state index contributed by atoms with van der Waals surface area (Å²) in [5, 5.41) is 11.3. The molecule has 0 spiro atoms. The van der Waals surface area contributed by atoms with Gasteiger partial charge in [-0.2, -0.15) is 0 Å². The van der Waals surface area contributed by atoms with Gasteiger partial charge in [0.2, 0.25) is 0 Å². The van der Waals surface area contributed by atoms with E-state index < -0.39 is 5.97 Å². The lowest BCUT2D eigenvalue weighted by atomic mass is 9.86. The number of fused-ring (bicyclic) bond motifs is 3. The number of aliphatic carboxylic acids is 1. The van der Waals surface area contributed by atoms with Gasteiger partial charge in [0, 0.05) is 16.6 Å². The van der Waals surface area contributed by atoms with Crippen LogP contribution >= 0.6 is 23.2 Å². The van der Waals surface area contributed by atoms with E-state index in [0.29, 0.717) is 28.6 Å². The van der Waals surface area contributed by atoms with Crippen LogP contribution in [0.1, 0.15) is 17.7 Å². The first-order chi connectivity index (χ1) is 12.5. The number of carboxylic acids is 1. The molecular weight excluding hydrogens is 373 g/mol. The third-order valence-corrected chi connectivity index (χ3v) is 5.63. The quantitative estimate of drug-likeness (QED) is 0.635. The number of benzene rings is 2. The molecule has 6 heteroatoms. The number of H-pyrrole nitrogens is 1. The highest BCUT2D eigenvalue weighted by atomic mass is 35.5. The van der Waals surface area contributed by atoms with Gasteiger partial charge in [-0.3, -0.25) is 4.79 Å². The molecule has 1 aromatic heterocycles. The molecule has 0 bridgehead atoms. The molecule has 1 atom stereocenters. The van der Waals surface area contributed by atoms with Gasteiger partial charge in [0.25, 0.3) is 0 Å². The molecule has 1 aliphatic rings. The van der Waals surface area contributed by atoms with Gasteiger partial charge in [0.05, 0.1) is 23.1 Å². The van der Waals surface area contributed by atoms with Crippen molar-refractivity contribution in [2.24, 2.45) is 5.92 Å². The van der Waals surface area contributed by atoms with Crippen LogP contribution in [-0.4, -0.2) is 23.2 Å². The molecule has 1 heterocycles. The summed E-state index contributed by atoms with van der Waals surface area (Å²) in [7, 11) is 1.53. The summed E-state index contributed by atoms with van der Waals surface area (Å²) in [6.45, 7) is 0. The topological polar surface area (TPSA) is 62.3 Å². The number of nitrogens with one attached hydrogen (secondary N) is 1. The molecule has 0 amide bonds. The molecule has 2 aromatic carbocycles. The van der Waals surface area contributed by atoms with Crippen molar-refractivity contribution in [2.75, 3.05) is 7.11 Å². The molecule has 0 fully saturated rings. The number of halogens is 2. The van der Waals surface area contributed by atoms with E-state index in [9.17, 15) is 9.90 Å². The van der Waals surface area contributed by atoms with Crippen molar-refractivity contribution in [3.63, 3.8) is 0 Å². The maximum absolute atomic E-state index is 11.4. The second kappa shape index (κ2) is 6.53. The van der Waals surface area contributed by atoms with Crippen molar-refractivity contribution in [3.05, 3.63) is 51.6 Å². The minimum Gasteiger partial charge on any atom is -0.494 e. The Balaban J connectivity index is 1.81. The van der Waals surface area contributed by atoms with Gasteiger partial charge >= 0.3 is 5.97 Å². The van der Waals surface area contributed by atoms with Gasteiger partial charge in [-0.15, -0.1) is 0 Å². The van der Waals surface area contributed by atoms with Crippen LogP contribution in [-0.2, 0) is 17.6 Å². The van der Waals surface area contributed by atoms with Gasteiger partial charge in [-0.1, -0.05) is 29.3 Å². The van der Waals surface area contributed by atoms with E-state index in [1.54, 1.807) is 0 Å². The van der Waals surface area contributed by atoms with Crippen LogP contribution in [0.3, 0.4) is 0 Å².